The van der Waals surface area contributed by atoms with Gasteiger partial charge in [-0.15, -0.1) is 0 Å². The maximum atomic E-state index is 13.2. The molecule has 2 aliphatic rings. The molecule has 0 bridgehead atoms. The van der Waals surface area contributed by atoms with Crippen LogP contribution in [0.5, 0.6) is 0 Å². The van der Waals surface area contributed by atoms with E-state index in [9.17, 15) is 8.78 Å². The minimum absolute atomic E-state index is 0.0512. The van der Waals surface area contributed by atoms with Gasteiger partial charge in [-0.25, -0.2) is 8.78 Å². The van der Waals surface area contributed by atoms with Crippen LogP contribution >= 0.6 is 0 Å². The van der Waals surface area contributed by atoms with Crippen molar-refractivity contribution in [3.05, 3.63) is 35.4 Å². The maximum absolute atomic E-state index is 13.2. The summed E-state index contributed by atoms with van der Waals surface area (Å²) in [5.41, 5.74) is 0.557. The van der Waals surface area contributed by atoms with E-state index >= 15 is 0 Å². The molecule has 2 heterocycles. The van der Waals surface area contributed by atoms with Gasteiger partial charge in [0, 0.05) is 33.4 Å². The SMILES string of the molecule is CO[C@H]1CN(Cc2ccc(F)c(F)c2)C[C@@]12CCCO2. The molecule has 110 valence electrons. The third-order valence-corrected chi connectivity index (χ3v) is 4.31. The lowest BCUT2D eigenvalue weighted by molar-refractivity contribution is -0.0756. The van der Waals surface area contributed by atoms with Crippen molar-refractivity contribution < 1.29 is 18.3 Å². The van der Waals surface area contributed by atoms with E-state index in [-0.39, 0.29) is 11.7 Å². The molecule has 3 nitrogen and oxygen atoms in total. The summed E-state index contributed by atoms with van der Waals surface area (Å²) in [6, 6.07) is 4.06. The predicted octanol–water partition coefficient (Wildman–Crippen LogP) is 2.34. The highest BCUT2D eigenvalue weighted by Gasteiger charge is 2.49. The average molecular weight is 283 g/mol. The van der Waals surface area contributed by atoms with E-state index in [0.29, 0.717) is 6.54 Å². The van der Waals surface area contributed by atoms with Gasteiger partial charge in [-0.2, -0.15) is 0 Å². The summed E-state index contributed by atoms with van der Waals surface area (Å²) in [5, 5.41) is 0. The fourth-order valence-corrected chi connectivity index (χ4v) is 3.35. The van der Waals surface area contributed by atoms with Crippen LogP contribution in [0.25, 0.3) is 0 Å². The number of nitrogens with zero attached hydrogens (tertiary/aromatic N) is 1. The molecule has 0 saturated carbocycles. The van der Waals surface area contributed by atoms with Crippen LogP contribution in [0.15, 0.2) is 18.2 Å². The minimum Gasteiger partial charge on any atom is -0.377 e. The number of rotatable bonds is 3. The van der Waals surface area contributed by atoms with Crippen LogP contribution in [0.2, 0.25) is 0 Å². The minimum atomic E-state index is -0.805. The molecular weight excluding hydrogens is 264 g/mol. The van der Waals surface area contributed by atoms with Gasteiger partial charge in [0.15, 0.2) is 11.6 Å². The van der Waals surface area contributed by atoms with Crippen LogP contribution in [0, 0.1) is 11.6 Å². The van der Waals surface area contributed by atoms with Crippen molar-refractivity contribution in [2.75, 3.05) is 26.8 Å². The number of likely N-dealkylation sites (tertiary alicyclic amines) is 1. The molecule has 1 aromatic carbocycles. The standard InChI is InChI=1S/C15H19F2NO2/c1-19-14-9-18(10-15(14)5-2-6-20-15)8-11-3-4-12(16)13(17)7-11/h3-4,7,14H,2,5-6,8-10H2,1H3/t14-,15-/m0/s1. The highest BCUT2D eigenvalue weighted by molar-refractivity contribution is 5.18. The Morgan fingerprint density at radius 2 is 2.25 bits per heavy atom. The Morgan fingerprint density at radius 3 is 2.90 bits per heavy atom. The van der Waals surface area contributed by atoms with Crippen molar-refractivity contribution in [1.29, 1.82) is 0 Å². The fraction of sp³-hybridized carbons (Fsp3) is 0.600. The molecule has 3 rings (SSSR count). The van der Waals surface area contributed by atoms with Crippen molar-refractivity contribution >= 4 is 0 Å². The summed E-state index contributed by atoms with van der Waals surface area (Å²) < 4.78 is 37.7. The summed E-state index contributed by atoms with van der Waals surface area (Å²) in [6.45, 7) is 2.90. The number of benzene rings is 1. The van der Waals surface area contributed by atoms with Gasteiger partial charge in [-0.05, 0) is 30.5 Å². The molecular formula is C15H19F2NO2. The van der Waals surface area contributed by atoms with Gasteiger partial charge >= 0.3 is 0 Å². The average Bonchev–Trinajstić information content (AvgIpc) is 3.02. The van der Waals surface area contributed by atoms with Crippen LogP contribution in [0.3, 0.4) is 0 Å². The van der Waals surface area contributed by atoms with Crippen LogP contribution in [-0.4, -0.2) is 43.4 Å². The van der Waals surface area contributed by atoms with E-state index in [0.717, 1.165) is 38.1 Å². The molecule has 2 aliphatic heterocycles. The number of halogens is 2. The molecule has 0 radical (unpaired) electrons. The molecule has 2 atom stereocenters. The Kier molecular flexibility index (Phi) is 3.75. The first-order valence-corrected chi connectivity index (χ1v) is 6.96. The number of methoxy groups -OCH3 is 1. The lowest BCUT2D eigenvalue weighted by Gasteiger charge is -2.28. The van der Waals surface area contributed by atoms with Crippen molar-refractivity contribution in [3.63, 3.8) is 0 Å². The zero-order valence-electron chi connectivity index (χ0n) is 11.6. The molecule has 0 N–H and O–H groups in total. The van der Waals surface area contributed by atoms with Crippen molar-refractivity contribution in [2.24, 2.45) is 0 Å². The molecule has 20 heavy (non-hydrogen) atoms. The van der Waals surface area contributed by atoms with Crippen molar-refractivity contribution in [2.45, 2.75) is 31.1 Å². The Labute approximate surface area is 117 Å². The predicted molar refractivity (Wildman–Crippen MR) is 70.3 cm³/mol. The topological polar surface area (TPSA) is 21.7 Å². The second-order valence-electron chi connectivity index (χ2n) is 5.66. The quantitative estimate of drug-likeness (QED) is 0.850. The van der Waals surface area contributed by atoms with Gasteiger partial charge in [0.1, 0.15) is 5.60 Å². The first-order chi connectivity index (χ1) is 9.63. The molecule has 0 aliphatic carbocycles. The molecule has 1 aromatic rings. The summed E-state index contributed by atoms with van der Waals surface area (Å²) in [7, 11) is 1.70. The Balaban J connectivity index is 1.71. The van der Waals surface area contributed by atoms with Gasteiger partial charge in [0.2, 0.25) is 0 Å². The molecule has 2 fully saturated rings. The van der Waals surface area contributed by atoms with Gasteiger partial charge < -0.3 is 9.47 Å². The zero-order valence-corrected chi connectivity index (χ0v) is 11.6. The van der Waals surface area contributed by atoms with E-state index in [1.807, 2.05) is 0 Å². The highest BCUT2D eigenvalue weighted by Crippen LogP contribution is 2.37. The molecule has 0 amide bonds. The Hall–Kier alpha value is -1.04. The van der Waals surface area contributed by atoms with E-state index in [2.05, 4.69) is 4.90 Å². The second kappa shape index (κ2) is 5.39. The van der Waals surface area contributed by atoms with Gasteiger partial charge in [-0.1, -0.05) is 6.07 Å². The third kappa shape index (κ3) is 2.45. The van der Waals surface area contributed by atoms with Gasteiger partial charge in [0.05, 0.1) is 6.10 Å². The smallest absolute Gasteiger partial charge is 0.159 e. The monoisotopic (exact) mass is 283 g/mol. The zero-order chi connectivity index (χ0) is 14.2. The Morgan fingerprint density at radius 1 is 1.40 bits per heavy atom. The second-order valence-corrected chi connectivity index (χ2v) is 5.66. The highest BCUT2D eigenvalue weighted by atomic mass is 19.2. The van der Waals surface area contributed by atoms with Crippen LogP contribution in [-0.2, 0) is 16.0 Å². The number of ether oxygens (including phenoxy) is 2. The third-order valence-electron chi connectivity index (χ3n) is 4.31. The number of hydrogen-bond donors (Lipinski definition) is 0. The summed E-state index contributed by atoms with van der Waals surface area (Å²) in [6.07, 6.45) is 2.11. The van der Waals surface area contributed by atoms with Gasteiger partial charge in [-0.3, -0.25) is 4.90 Å². The number of hydrogen-bond acceptors (Lipinski definition) is 3. The van der Waals surface area contributed by atoms with E-state index in [4.69, 9.17) is 9.47 Å². The van der Waals surface area contributed by atoms with Crippen LogP contribution < -0.4 is 0 Å². The molecule has 0 unspecified atom stereocenters. The van der Waals surface area contributed by atoms with Crippen LogP contribution in [0.1, 0.15) is 18.4 Å². The summed E-state index contributed by atoms with van der Waals surface area (Å²) in [4.78, 5) is 2.19. The lowest BCUT2D eigenvalue weighted by Crippen LogP contribution is -2.41. The molecule has 1 spiro atoms. The largest absolute Gasteiger partial charge is 0.377 e. The summed E-state index contributed by atoms with van der Waals surface area (Å²) >= 11 is 0. The molecule has 2 saturated heterocycles. The maximum Gasteiger partial charge on any atom is 0.159 e. The van der Waals surface area contributed by atoms with E-state index in [1.54, 1.807) is 13.2 Å². The first-order valence-electron chi connectivity index (χ1n) is 6.96. The Bertz CT molecular complexity index is 489. The van der Waals surface area contributed by atoms with Crippen LogP contribution in [0.4, 0.5) is 8.78 Å². The van der Waals surface area contributed by atoms with E-state index < -0.39 is 11.6 Å². The summed E-state index contributed by atoms with van der Waals surface area (Å²) in [5.74, 6) is -1.60. The molecule has 0 aromatic heterocycles. The first kappa shape index (κ1) is 13.9. The van der Waals surface area contributed by atoms with Crippen molar-refractivity contribution in [1.82, 2.24) is 4.90 Å². The van der Waals surface area contributed by atoms with Crippen molar-refractivity contribution in [3.8, 4) is 0 Å². The lowest BCUT2D eigenvalue weighted by atomic mass is 9.96. The normalized spacial score (nSPS) is 30.4. The van der Waals surface area contributed by atoms with E-state index in [1.165, 1.54) is 12.1 Å². The van der Waals surface area contributed by atoms with Gasteiger partial charge in [0.25, 0.3) is 0 Å². The fourth-order valence-electron chi connectivity index (χ4n) is 3.35. The molecule has 5 heteroatoms.